The maximum Gasteiger partial charge on any atom is 0.0510 e. The third-order valence-corrected chi connectivity index (χ3v) is 4.81. The summed E-state index contributed by atoms with van der Waals surface area (Å²) in [6, 6.07) is 5.13. The van der Waals surface area contributed by atoms with E-state index in [2.05, 4.69) is 31.3 Å². The van der Waals surface area contributed by atoms with Crippen LogP contribution in [0.15, 0.2) is 12.1 Å². The van der Waals surface area contributed by atoms with Crippen molar-refractivity contribution in [3.8, 4) is 0 Å². The topological polar surface area (TPSA) is 21.3 Å². The van der Waals surface area contributed by atoms with Crippen LogP contribution in [0.5, 0.6) is 0 Å². The second kappa shape index (κ2) is 6.53. The Bertz CT molecular complexity index is 331. The summed E-state index contributed by atoms with van der Waals surface area (Å²) in [7, 11) is 0. The lowest BCUT2D eigenvalue weighted by Crippen LogP contribution is -2.35. The molecule has 3 heteroatoms. The molecule has 0 amide bonds. The van der Waals surface area contributed by atoms with Gasteiger partial charge in [-0.2, -0.15) is 0 Å². The second-order valence-corrected chi connectivity index (χ2v) is 5.99. The summed E-state index contributed by atoms with van der Waals surface area (Å²) in [5, 5.41) is 3.70. The van der Waals surface area contributed by atoms with Gasteiger partial charge in [0, 0.05) is 28.9 Å². The predicted molar refractivity (Wildman–Crippen MR) is 73.5 cm³/mol. The molecular weight excluding hydrogens is 230 g/mol. The van der Waals surface area contributed by atoms with E-state index in [0.717, 1.165) is 26.2 Å². The first kappa shape index (κ1) is 13.1. The van der Waals surface area contributed by atoms with Crippen LogP contribution in [0.25, 0.3) is 0 Å². The van der Waals surface area contributed by atoms with Crippen molar-refractivity contribution >= 4 is 11.3 Å². The van der Waals surface area contributed by atoms with E-state index in [1.165, 1.54) is 22.6 Å². The molecule has 0 aliphatic carbocycles. The maximum absolute atomic E-state index is 5.48. The highest BCUT2D eigenvalue weighted by atomic mass is 32.1. The zero-order valence-corrected chi connectivity index (χ0v) is 11.7. The Labute approximate surface area is 108 Å². The number of thiophene rings is 1. The van der Waals surface area contributed by atoms with Gasteiger partial charge in [0.1, 0.15) is 0 Å². The molecule has 0 radical (unpaired) electrons. The molecule has 96 valence electrons. The molecule has 0 saturated carbocycles. The first-order chi connectivity index (χ1) is 8.33. The minimum absolute atomic E-state index is 0.615. The van der Waals surface area contributed by atoms with Gasteiger partial charge in [-0.1, -0.05) is 13.8 Å². The summed E-state index contributed by atoms with van der Waals surface area (Å²) in [4.78, 5) is 2.94. The Morgan fingerprint density at radius 2 is 2.24 bits per heavy atom. The lowest BCUT2D eigenvalue weighted by Gasteiger charge is -2.21. The van der Waals surface area contributed by atoms with Crippen LogP contribution in [0, 0.1) is 5.92 Å². The van der Waals surface area contributed by atoms with E-state index < -0.39 is 0 Å². The van der Waals surface area contributed by atoms with E-state index in [9.17, 15) is 0 Å². The van der Waals surface area contributed by atoms with Gasteiger partial charge in [-0.15, -0.1) is 11.3 Å². The van der Waals surface area contributed by atoms with Crippen molar-refractivity contribution in [2.45, 2.75) is 45.7 Å². The van der Waals surface area contributed by atoms with E-state index in [0.29, 0.717) is 12.0 Å². The normalized spacial score (nSPS) is 21.9. The Kier molecular flexibility index (Phi) is 5.01. The fraction of sp³-hybridized carbons (Fsp3) is 0.714. The number of nitrogens with one attached hydrogen (secondary N) is 1. The van der Waals surface area contributed by atoms with Crippen molar-refractivity contribution < 1.29 is 4.74 Å². The zero-order valence-electron chi connectivity index (χ0n) is 10.9. The van der Waals surface area contributed by atoms with Crippen molar-refractivity contribution in [1.82, 2.24) is 5.32 Å². The smallest absolute Gasteiger partial charge is 0.0510 e. The molecule has 1 aliphatic rings. The van der Waals surface area contributed by atoms with Crippen molar-refractivity contribution in [1.29, 1.82) is 0 Å². The first-order valence-corrected chi connectivity index (χ1v) is 7.53. The molecule has 2 heterocycles. The molecule has 2 rings (SSSR count). The van der Waals surface area contributed by atoms with Gasteiger partial charge >= 0.3 is 0 Å². The minimum Gasteiger partial charge on any atom is -0.381 e. The van der Waals surface area contributed by atoms with Crippen molar-refractivity contribution in [2.24, 2.45) is 5.92 Å². The Balaban J connectivity index is 1.82. The highest BCUT2D eigenvalue weighted by molar-refractivity contribution is 7.11. The van der Waals surface area contributed by atoms with Crippen LogP contribution in [-0.2, 0) is 17.7 Å². The molecule has 1 fully saturated rings. The quantitative estimate of drug-likeness (QED) is 0.840. The van der Waals surface area contributed by atoms with Crippen LogP contribution in [0.2, 0.25) is 0 Å². The fourth-order valence-electron chi connectivity index (χ4n) is 2.45. The summed E-state index contributed by atoms with van der Waals surface area (Å²) in [6.07, 6.45) is 3.56. The lowest BCUT2D eigenvalue weighted by atomic mass is 9.97. The van der Waals surface area contributed by atoms with Gasteiger partial charge in [-0.25, -0.2) is 0 Å². The summed E-state index contributed by atoms with van der Waals surface area (Å²) >= 11 is 1.93. The van der Waals surface area contributed by atoms with Crippen molar-refractivity contribution in [2.75, 3.05) is 13.2 Å². The standard InChI is InChI=1S/C14H23NOS/c1-3-12-5-6-13(17-12)9-15-14(4-2)11-7-8-16-10-11/h5-6,11,14-15H,3-4,7-10H2,1-2H3. The van der Waals surface area contributed by atoms with Gasteiger partial charge in [0.05, 0.1) is 6.61 Å². The molecule has 17 heavy (non-hydrogen) atoms. The third-order valence-electron chi connectivity index (χ3n) is 3.58. The Hall–Kier alpha value is -0.380. The molecule has 1 aliphatic heterocycles. The average Bonchev–Trinajstić information content (AvgIpc) is 3.00. The molecule has 1 aromatic heterocycles. The van der Waals surface area contributed by atoms with E-state index in [-0.39, 0.29) is 0 Å². The van der Waals surface area contributed by atoms with Crippen molar-refractivity contribution in [3.63, 3.8) is 0 Å². The van der Waals surface area contributed by atoms with Gasteiger partial charge in [-0.05, 0) is 37.3 Å². The number of aryl methyl sites for hydroxylation is 1. The SMILES string of the molecule is CCc1ccc(CNC(CC)C2CCOC2)s1. The molecule has 0 spiro atoms. The molecule has 0 bridgehead atoms. The zero-order chi connectivity index (χ0) is 12.1. The minimum atomic E-state index is 0.615. The molecule has 1 saturated heterocycles. The number of rotatable bonds is 6. The van der Waals surface area contributed by atoms with E-state index in [1.807, 2.05) is 11.3 Å². The summed E-state index contributed by atoms with van der Waals surface area (Å²) in [6.45, 7) is 7.38. The van der Waals surface area contributed by atoms with Crippen LogP contribution in [0.3, 0.4) is 0 Å². The highest BCUT2D eigenvalue weighted by Crippen LogP contribution is 2.21. The van der Waals surface area contributed by atoms with Crippen LogP contribution >= 0.6 is 11.3 Å². The maximum atomic E-state index is 5.48. The summed E-state index contributed by atoms with van der Waals surface area (Å²) < 4.78 is 5.48. The lowest BCUT2D eigenvalue weighted by molar-refractivity contribution is 0.175. The highest BCUT2D eigenvalue weighted by Gasteiger charge is 2.23. The average molecular weight is 253 g/mol. The second-order valence-electron chi connectivity index (χ2n) is 4.74. The fourth-order valence-corrected chi connectivity index (χ4v) is 3.36. The van der Waals surface area contributed by atoms with Crippen LogP contribution in [-0.4, -0.2) is 19.3 Å². The summed E-state index contributed by atoms with van der Waals surface area (Å²) in [5.41, 5.74) is 0. The van der Waals surface area contributed by atoms with Crippen molar-refractivity contribution in [3.05, 3.63) is 21.9 Å². The molecule has 2 unspecified atom stereocenters. The summed E-state index contributed by atoms with van der Waals surface area (Å²) in [5.74, 6) is 0.714. The van der Waals surface area contributed by atoms with E-state index in [4.69, 9.17) is 4.74 Å². The molecule has 1 aromatic rings. The first-order valence-electron chi connectivity index (χ1n) is 6.72. The van der Waals surface area contributed by atoms with Gasteiger partial charge in [0.25, 0.3) is 0 Å². The number of ether oxygens (including phenoxy) is 1. The van der Waals surface area contributed by atoms with Crippen LogP contribution < -0.4 is 5.32 Å². The van der Waals surface area contributed by atoms with Crippen LogP contribution in [0.4, 0.5) is 0 Å². The molecule has 2 atom stereocenters. The molecular formula is C14H23NOS. The monoisotopic (exact) mass is 253 g/mol. The third kappa shape index (κ3) is 3.54. The Morgan fingerprint density at radius 3 is 2.82 bits per heavy atom. The van der Waals surface area contributed by atoms with Gasteiger partial charge in [0.15, 0.2) is 0 Å². The van der Waals surface area contributed by atoms with Gasteiger partial charge in [-0.3, -0.25) is 0 Å². The van der Waals surface area contributed by atoms with Gasteiger partial charge in [0.2, 0.25) is 0 Å². The van der Waals surface area contributed by atoms with Gasteiger partial charge < -0.3 is 10.1 Å². The molecule has 1 N–H and O–H groups in total. The Morgan fingerprint density at radius 1 is 1.41 bits per heavy atom. The molecule has 0 aromatic carbocycles. The van der Waals surface area contributed by atoms with E-state index in [1.54, 1.807) is 0 Å². The predicted octanol–water partition coefficient (Wildman–Crippen LogP) is 3.22. The number of hydrogen-bond acceptors (Lipinski definition) is 3. The molecule has 2 nitrogen and oxygen atoms in total. The van der Waals surface area contributed by atoms with Crippen LogP contribution in [0.1, 0.15) is 36.4 Å². The largest absolute Gasteiger partial charge is 0.381 e. The van der Waals surface area contributed by atoms with E-state index >= 15 is 0 Å². The number of hydrogen-bond donors (Lipinski definition) is 1.